The molecule has 0 aromatic heterocycles. The van der Waals surface area contributed by atoms with Crippen LogP contribution in [0.5, 0.6) is 0 Å². The summed E-state index contributed by atoms with van der Waals surface area (Å²) in [5.74, 6) is 4.76. The van der Waals surface area contributed by atoms with Crippen molar-refractivity contribution in [2.45, 2.75) is 25.7 Å². The Bertz CT molecular complexity index is 445. The molecule has 6 heteroatoms. The molecule has 5 nitrogen and oxygen atoms in total. The van der Waals surface area contributed by atoms with Crippen LogP contribution in [0, 0.1) is 6.92 Å². The lowest BCUT2D eigenvalue weighted by Gasteiger charge is -1.95. The summed E-state index contributed by atoms with van der Waals surface area (Å²) in [5.41, 5.74) is 1.86. The lowest BCUT2D eigenvalue weighted by atomic mass is 10.2. The first-order valence-electron chi connectivity index (χ1n) is 4.52. The van der Waals surface area contributed by atoms with Crippen molar-refractivity contribution in [1.82, 2.24) is 0 Å². The van der Waals surface area contributed by atoms with Crippen LogP contribution in [0.2, 0.25) is 0 Å². The minimum Gasteiger partial charge on any atom is -0.323 e. The van der Waals surface area contributed by atoms with E-state index in [-0.39, 0.29) is 4.90 Å². The summed E-state index contributed by atoms with van der Waals surface area (Å²) >= 11 is 0. The number of rotatable bonds is 1. The summed E-state index contributed by atoms with van der Waals surface area (Å²) in [6, 6.07) is 5.99. The third kappa shape index (κ3) is 6.15. The zero-order valence-corrected chi connectivity index (χ0v) is 10.3. The fourth-order valence-corrected chi connectivity index (χ4v) is 1.19. The molecule has 0 aliphatic heterocycles. The van der Waals surface area contributed by atoms with E-state index in [4.69, 9.17) is 10.4 Å². The molecule has 1 rings (SSSR count). The normalized spacial score (nSPS) is 10.0. The number of hydrazone groups is 1. The van der Waals surface area contributed by atoms with Crippen molar-refractivity contribution in [1.29, 1.82) is 0 Å². The molecular weight excluding hydrogens is 228 g/mol. The molecular formula is C10H16N2O3S. The molecule has 90 valence electrons. The third-order valence-electron chi connectivity index (χ3n) is 1.58. The Balaban J connectivity index is 0.000000385. The molecule has 1 aromatic rings. The fraction of sp³-hybridized carbons (Fsp3) is 0.300. The van der Waals surface area contributed by atoms with Crippen molar-refractivity contribution in [3.8, 4) is 0 Å². The molecule has 0 aliphatic carbocycles. The number of aryl methyl sites for hydroxylation is 1. The second-order valence-electron chi connectivity index (χ2n) is 3.36. The predicted octanol–water partition coefficient (Wildman–Crippen LogP) is 1.58. The van der Waals surface area contributed by atoms with Crippen molar-refractivity contribution >= 4 is 15.8 Å². The van der Waals surface area contributed by atoms with Crippen LogP contribution in [0.4, 0.5) is 0 Å². The van der Waals surface area contributed by atoms with Gasteiger partial charge in [0.25, 0.3) is 10.1 Å². The highest BCUT2D eigenvalue weighted by Gasteiger charge is 2.06. The molecule has 3 N–H and O–H groups in total. The van der Waals surface area contributed by atoms with Crippen LogP contribution in [-0.2, 0) is 10.1 Å². The summed E-state index contributed by atoms with van der Waals surface area (Å²) in [6.45, 7) is 5.54. The summed E-state index contributed by atoms with van der Waals surface area (Å²) in [4.78, 5) is -0.0666. The molecule has 16 heavy (non-hydrogen) atoms. The Kier molecular flexibility index (Phi) is 5.69. The largest absolute Gasteiger partial charge is 0.323 e. The molecule has 0 unspecified atom stereocenters. The molecule has 0 spiro atoms. The first kappa shape index (κ1) is 14.6. The molecule has 0 radical (unpaired) electrons. The first-order chi connectivity index (χ1) is 7.27. The maximum atomic E-state index is 10.5. The second kappa shape index (κ2) is 6.24. The molecule has 0 amide bonds. The number of benzene rings is 1. The van der Waals surface area contributed by atoms with E-state index in [0.29, 0.717) is 0 Å². The van der Waals surface area contributed by atoms with Crippen LogP contribution in [0.1, 0.15) is 19.4 Å². The van der Waals surface area contributed by atoms with Crippen LogP contribution >= 0.6 is 0 Å². The number of nitrogens with two attached hydrogens (primary N) is 1. The summed E-state index contributed by atoms with van der Waals surface area (Å²) < 4.78 is 29.6. The Morgan fingerprint density at radius 3 is 1.88 bits per heavy atom. The zero-order valence-electron chi connectivity index (χ0n) is 9.51. The van der Waals surface area contributed by atoms with Crippen molar-refractivity contribution < 1.29 is 13.0 Å². The molecule has 0 aliphatic rings. The number of hydrogen-bond donors (Lipinski definition) is 2. The van der Waals surface area contributed by atoms with Crippen LogP contribution in [0.15, 0.2) is 34.3 Å². The summed E-state index contributed by atoms with van der Waals surface area (Å²) in [7, 11) is -4.02. The Morgan fingerprint density at radius 2 is 1.62 bits per heavy atom. The highest BCUT2D eigenvalue weighted by Crippen LogP contribution is 2.08. The average molecular weight is 244 g/mol. The van der Waals surface area contributed by atoms with E-state index in [1.807, 2.05) is 20.8 Å². The molecule has 0 saturated carbocycles. The minimum absolute atomic E-state index is 0.0666. The molecule has 1 aromatic carbocycles. The van der Waals surface area contributed by atoms with Gasteiger partial charge >= 0.3 is 0 Å². The highest BCUT2D eigenvalue weighted by molar-refractivity contribution is 7.85. The van der Waals surface area contributed by atoms with Gasteiger partial charge < -0.3 is 5.84 Å². The van der Waals surface area contributed by atoms with E-state index < -0.39 is 10.1 Å². The van der Waals surface area contributed by atoms with E-state index in [9.17, 15) is 8.42 Å². The Hall–Kier alpha value is -1.40. The summed E-state index contributed by atoms with van der Waals surface area (Å²) in [5, 5.41) is 3.31. The monoisotopic (exact) mass is 244 g/mol. The lowest BCUT2D eigenvalue weighted by molar-refractivity contribution is 0.483. The van der Waals surface area contributed by atoms with Crippen LogP contribution in [0.3, 0.4) is 0 Å². The van der Waals surface area contributed by atoms with E-state index >= 15 is 0 Å². The smallest absolute Gasteiger partial charge is 0.294 e. The van der Waals surface area contributed by atoms with Gasteiger partial charge in [-0.2, -0.15) is 13.5 Å². The Morgan fingerprint density at radius 1 is 1.25 bits per heavy atom. The van der Waals surface area contributed by atoms with Gasteiger partial charge in [-0.05, 0) is 32.9 Å². The molecule has 0 saturated heterocycles. The van der Waals surface area contributed by atoms with Gasteiger partial charge in [0.05, 0.1) is 4.90 Å². The Labute approximate surface area is 95.7 Å². The summed E-state index contributed by atoms with van der Waals surface area (Å²) in [6.07, 6.45) is 0. The molecule has 0 fully saturated rings. The van der Waals surface area contributed by atoms with E-state index in [1.165, 1.54) is 12.1 Å². The highest BCUT2D eigenvalue weighted by atomic mass is 32.2. The van der Waals surface area contributed by atoms with Gasteiger partial charge in [-0.1, -0.05) is 17.7 Å². The van der Waals surface area contributed by atoms with E-state index in [1.54, 1.807) is 12.1 Å². The first-order valence-corrected chi connectivity index (χ1v) is 5.96. The maximum absolute atomic E-state index is 10.5. The predicted molar refractivity (Wildman–Crippen MR) is 64.0 cm³/mol. The van der Waals surface area contributed by atoms with E-state index in [0.717, 1.165) is 11.3 Å². The number of hydrogen-bond acceptors (Lipinski definition) is 4. The van der Waals surface area contributed by atoms with E-state index in [2.05, 4.69) is 5.10 Å². The zero-order chi connectivity index (χ0) is 12.8. The quantitative estimate of drug-likeness (QED) is 0.339. The third-order valence-corrected chi connectivity index (χ3v) is 2.44. The van der Waals surface area contributed by atoms with Crippen molar-refractivity contribution in [3.63, 3.8) is 0 Å². The fourth-order valence-electron chi connectivity index (χ4n) is 0.710. The topological polar surface area (TPSA) is 92.8 Å². The lowest BCUT2D eigenvalue weighted by Crippen LogP contribution is -1.96. The standard InChI is InChI=1S/C7H8O3S.C3H8N2/c1-6-2-4-7(5-3-6)11(8,9)10;1-3(2)5-4/h2-5H,1H3,(H,8,9,10);4H2,1-2H3. The molecule has 0 heterocycles. The SMILES string of the molecule is CC(C)=NN.Cc1ccc(S(=O)(=O)O)cc1. The maximum Gasteiger partial charge on any atom is 0.294 e. The van der Waals surface area contributed by atoms with Gasteiger partial charge in [-0.3, -0.25) is 4.55 Å². The molecule has 0 atom stereocenters. The van der Waals surface area contributed by atoms with Crippen molar-refractivity contribution in [2.24, 2.45) is 10.9 Å². The van der Waals surface area contributed by atoms with Gasteiger partial charge in [-0.25, -0.2) is 0 Å². The van der Waals surface area contributed by atoms with Crippen LogP contribution in [-0.4, -0.2) is 18.7 Å². The van der Waals surface area contributed by atoms with Crippen LogP contribution in [0.25, 0.3) is 0 Å². The van der Waals surface area contributed by atoms with Gasteiger partial charge in [0.1, 0.15) is 0 Å². The van der Waals surface area contributed by atoms with Crippen molar-refractivity contribution in [2.75, 3.05) is 0 Å². The second-order valence-corrected chi connectivity index (χ2v) is 4.79. The van der Waals surface area contributed by atoms with Gasteiger partial charge in [0.15, 0.2) is 0 Å². The van der Waals surface area contributed by atoms with Gasteiger partial charge in [-0.15, -0.1) is 0 Å². The van der Waals surface area contributed by atoms with Gasteiger partial charge in [0.2, 0.25) is 0 Å². The minimum atomic E-state index is -4.02. The van der Waals surface area contributed by atoms with Crippen molar-refractivity contribution in [3.05, 3.63) is 29.8 Å². The van der Waals surface area contributed by atoms with Gasteiger partial charge in [0, 0.05) is 5.71 Å². The molecule has 0 bridgehead atoms. The average Bonchev–Trinajstić information content (AvgIpc) is 2.18. The van der Waals surface area contributed by atoms with Crippen LogP contribution < -0.4 is 5.84 Å². The number of nitrogens with zero attached hydrogens (tertiary/aromatic N) is 1.